The molecule has 0 spiro atoms. The predicted molar refractivity (Wildman–Crippen MR) is 43.5 cm³/mol. The summed E-state index contributed by atoms with van der Waals surface area (Å²) in [7, 11) is 0. The van der Waals surface area contributed by atoms with Crippen LogP contribution in [0.5, 0.6) is 0 Å². The number of hydrogen-bond acceptors (Lipinski definition) is 2. The number of nitrogens with two attached hydrogens (primary N) is 1. The van der Waals surface area contributed by atoms with Crippen LogP contribution in [0.4, 0.5) is 5.95 Å². The van der Waals surface area contributed by atoms with Gasteiger partial charge in [-0.1, -0.05) is 20.8 Å². The van der Waals surface area contributed by atoms with Crippen LogP contribution < -0.4 is 5.73 Å². The number of imidazole rings is 1. The third-order valence-electron chi connectivity index (χ3n) is 0.519. The number of aromatic nitrogens is 2. The number of aromatic amines is 1. The first-order valence-electron chi connectivity index (χ1n) is 3.37. The largest absolute Gasteiger partial charge is 0.369 e. The van der Waals surface area contributed by atoms with Gasteiger partial charge in [0.25, 0.3) is 0 Å². The summed E-state index contributed by atoms with van der Waals surface area (Å²) in [5.41, 5.74) is 5.11. The summed E-state index contributed by atoms with van der Waals surface area (Å²) in [6, 6.07) is 0. The summed E-state index contributed by atoms with van der Waals surface area (Å²) >= 11 is 0. The second-order valence-electron chi connectivity index (χ2n) is 2.71. The van der Waals surface area contributed by atoms with Crippen LogP contribution in [0.1, 0.15) is 20.8 Å². The maximum absolute atomic E-state index is 5.11. The van der Waals surface area contributed by atoms with Gasteiger partial charge >= 0.3 is 0 Å². The van der Waals surface area contributed by atoms with Crippen LogP contribution in [-0.2, 0) is 0 Å². The van der Waals surface area contributed by atoms with Crippen LogP contribution in [0.2, 0.25) is 0 Å². The first-order valence-corrected chi connectivity index (χ1v) is 3.37. The minimum Gasteiger partial charge on any atom is -0.369 e. The molecule has 1 rings (SSSR count). The molecule has 0 aliphatic heterocycles. The zero-order chi connectivity index (χ0) is 7.98. The van der Waals surface area contributed by atoms with Gasteiger partial charge < -0.3 is 10.7 Å². The van der Waals surface area contributed by atoms with Crippen molar-refractivity contribution in [2.75, 3.05) is 5.73 Å². The van der Waals surface area contributed by atoms with Crippen LogP contribution in [0.3, 0.4) is 0 Å². The van der Waals surface area contributed by atoms with Crippen molar-refractivity contribution in [2.45, 2.75) is 20.8 Å². The fourth-order valence-corrected chi connectivity index (χ4v) is 0.277. The third-order valence-corrected chi connectivity index (χ3v) is 0.519. The average Bonchev–Trinajstić information content (AvgIpc) is 2.15. The second kappa shape index (κ2) is 8.16. The van der Waals surface area contributed by atoms with Crippen molar-refractivity contribution < 1.29 is 31.1 Å². The maximum atomic E-state index is 5.11. The van der Waals surface area contributed by atoms with Crippen molar-refractivity contribution in [2.24, 2.45) is 5.92 Å². The number of rotatable bonds is 0. The molecular formula is C7H15N3U. The van der Waals surface area contributed by atoms with Gasteiger partial charge in [-0.05, 0) is 5.92 Å². The average molecular weight is 379 g/mol. The molecule has 1 heterocycles. The van der Waals surface area contributed by atoms with Crippen molar-refractivity contribution in [1.29, 1.82) is 0 Å². The van der Waals surface area contributed by atoms with Crippen LogP contribution >= 0.6 is 0 Å². The molecule has 0 aliphatic carbocycles. The summed E-state index contributed by atoms with van der Waals surface area (Å²) in [6.45, 7) is 6.50. The molecular weight excluding hydrogens is 364 g/mol. The summed E-state index contributed by atoms with van der Waals surface area (Å²) in [6.07, 6.45) is 3.28. The van der Waals surface area contributed by atoms with Crippen LogP contribution in [0, 0.1) is 37.0 Å². The number of nitrogens with zero attached hydrogens (tertiary/aromatic N) is 1. The molecule has 0 aliphatic rings. The van der Waals surface area contributed by atoms with Crippen molar-refractivity contribution in [3.8, 4) is 0 Å². The Balaban J connectivity index is 0. The number of H-pyrrole nitrogens is 1. The Morgan fingerprint density at radius 1 is 1.45 bits per heavy atom. The van der Waals surface area contributed by atoms with Crippen molar-refractivity contribution in [3.63, 3.8) is 0 Å². The molecule has 62 valence electrons. The SMILES string of the molecule is CC(C)C.Nc1ncc[nH]1.[U]. The van der Waals surface area contributed by atoms with E-state index in [9.17, 15) is 0 Å². The molecule has 3 nitrogen and oxygen atoms in total. The van der Waals surface area contributed by atoms with E-state index in [2.05, 4.69) is 30.7 Å². The van der Waals surface area contributed by atoms with E-state index in [-0.39, 0.29) is 31.1 Å². The zero-order valence-corrected chi connectivity index (χ0v) is 11.4. The Hall–Kier alpha value is 0.0619. The van der Waals surface area contributed by atoms with E-state index >= 15 is 0 Å². The van der Waals surface area contributed by atoms with Crippen LogP contribution in [0.25, 0.3) is 0 Å². The molecule has 4 heteroatoms. The van der Waals surface area contributed by atoms with Gasteiger partial charge in [-0.3, -0.25) is 0 Å². The van der Waals surface area contributed by atoms with Gasteiger partial charge in [-0.25, -0.2) is 4.98 Å². The first-order chi connectivity index (χ1) is 4.63. The summed E-state index contributed by atoms with van der Waals surface area (Å²) < 4.78 is 0. The molecule has 0 radical (unpaired) electrons. The van der Waals surface area contributed by atoms with Crippen LogP contribution in [-0.4, -0.2) is 9.97 Å². The Morgan fingerprint density at radius 3 is 2.00 bits per heavy atom. The van der Waals surface area contributed by atoms with Gasteiger partial charge in [0.2, 0.25) is 0 Å². The number of nitrogen functional groups attached to an aromatic ring is 1. The fraction of sp³-hybridized carbons (Fsp3) is 0.571. The summed E-state index contributed by atoms with van der Waals surface area (Å²) in [5, 5.41) is 0. The van der Waals surface area contributed by atoms with Gasteiger partial charge in [0, 0.05) is 43.5 Å². The van der Waals surface area contributed by atoms with Crippen LogP contribution in [0.15, 0.2) is 12.4 Å². The molecule has 0 atom stereocenters. The van der Waals surface area contributed by atoms with E-state index in [1.807, 2.05) is 0 Å². The van der Waals surface area contributed by atoms with E-state index in [4.69, 9.17) is 5.73 Å². The monoisotopic (exact) mass is 379 g/mol. The van der Waals surface area contributed by atoms with Gasteiger partial charge in [-0.15, -0.1) is 0 Å². The van der Waals surface area contributed by atoms with E-state index < -0.39 is 0 Å². The normalized spacial score (nSPS) is 8.00. The Kier molecular flexibility index (Phi) is 10.1. The number of hydrogen-bond donors (Lipinski definition) is 2. The molecule has 1 aromatic heterocycles. The summed E-state index contributed by atoms with van der Waals surface area (Å²) in [5.74, 6) is 1.30. The minimum atomic E-state index is 0. The Labute approximate surface area is 91.5 Å². The summed E-state index contributed by atoms with van der Waals surface area (Å²) in [4.78, 5) is 6.31. The van der Waals surface area contributed by atoms with E-state index in [0.29, 0.717) is 5.95 Å². The molecule has 0 unspecified atom stereocenters. The van der Waals surface area contributed by atoms with E-state index in [1.165, 1.54) is 0 Å². The molecule has 3 N–H and O–H groups in total. The van der Waals surface area contributed by atoms with Crippen molar-refractivity contribution >= 4 is 5.95 Å². The quantitative estimate of drug-likeness (QED) is 0.721. The second-order valence-corrected chi connectivity index (χ2v) is 2.71. The van der Waals surface area contributed by atoms with Gasteiger partial charge in [0.1, 0.15) is 0 Å². The topological polar surface area (TPSA) is 54.7 Å². The molecule has 0 amide bonds. The molecule has 0 saturated heterocycles. The fourth-order valence-electron chi connectivity index (χ4n) is 0.277. The number of anilines is 1. The van der Waals surface area contributed by atoms with E-state index in [0.717, 1.165) is 5.92 Å². The Bertz CT molecular complexity index is 146. The smallest absolute Gasteiger partial charge is 0.197 e. The van der Waals surface area contributed by atoms with E-state index in [1.54, 1.807) is 12.4 Å². The zero-order valence-electron chi connectivity index (χ0n) is 7.26. The maximum Gasteiger partial charge on any atom is 0.197 e. The molecule has 0 saturated carbocycles. The molecule has 0 aromatic carbocycles. The number of nitrogens with one attached hydrogen (secondary N) is 1. The van der Waals surface area contributed by atoms with Crippen molar-refractivity contribution in [3.05, 3.63) is 12.4 Å². The molecule has 11 heavy (non-hydrogen) atoms. The molecule has 0 bridgehead atoms. The first kappa shape index (κ1) is 13.6. The predicted octanol–water partition coefficient (Wildman–Crippen LogP) is 1.65. The third kappa shape index (κ3) is 13.1. The Morgan fingerprint density at radius 2 is 1.91 bits per heavy atom. The minimum absolute atomic E-state index is 0. The van der Waals surface area contributed by atoms with Crippen molar-refractivity contribution in [1.82, 2.24) is 9.97 Å². The molecule has 0 fully saturated rings. The van der Waals surface area contributed by atoms with Gasteiger partial charge in [0.05, 0.1) is 0 Å². The molecule has 1 aromatic rings. The van der Waals surface area contributed by atoms with Gasteiger partial charge in [-0.2, -0.15) is 0 Å². The van der Waals surface area contributed by atoms with Gasteiger partial charge in [0.15, 0.2) is 5.95 Å². The standard InChI is InChI=1S/C4H10.C3H5N3.U/c1-4(2)3;4-3-5-1-2-6-3;/h4H,1-3H3;1-2H,(H3,4,5,6);.